The number of anilines is 1. The molecule has 0 aliphatic heterocycles. The molecule has 0 spiro atoms. The number of phenolic OH excluding ortho intramolecular Hbond substituents is 1. The van der Waals surface area contributed by atoms with Crippen molar-refractivity contribution < 1.29 is 23.0 Å². The third-order valence-corrected chi connectivity index (χ3v) is 2.67. The third kappa shape index (κ3) is 3.34. The number of hydrogen-bond acceptors (Lipinski definition) is 3. The zero-order chi connectivity index (χ0) is 14.8. The van der Waals surface area contributed by atoms with E-state index < -0.39 is 11.7 Å². The molecule has 106 valence electrons. The molecule has 3 nitrogen and oxygen atoms in total. The molecule has 0 heterocycles. The van der Waals surface area contributed by atoms with Crippen LogP contribution in [0.1, 0.15) is 11.1 Å². The Kier molecular flexibility index (Phi) is 3.74. The number of alkyl halides is 3. The fraction of sp³-hybridized carbons (Fsp3) is 0.143. The molecule has 0 saturated heterocycles. The maximum Gasteiger partial charge on any atom is 0.418 e. The molecule has 6 heteroatoms. The van der Waals surface area contributed by atoms with E-state index in [4.69, 9.17) is 15.6 Å². The van der Waals surface area contributed by atoms with E-state index in [1.165, 1.54) is 36.4 Å². The summed E-state index contributed by atoms with van der Waals surface area (Å²) in [6.07, 6.45) is -4.49. The molecule has 2 aromatic carbocycles. The zero-order valence-corrected chi connectivity index (χ0v) is 10.3. The highest BCUT2D eigenvalue weighted by atomic mass is 19.4. The summed E-state index contributed by atoms with van der Waals surface area (Å²) < 4.78 is 43.4. The third-order valence-electron chi connectivity index (χ3n) is 2.67. The summed E-state index contributed by atoms with van der Waals surface area (Å²) in [6.45, 7) is -0.0197. The SMILES string of the molecule is Nc1ccc(COc2ccc(O)cc2)cc1C(F)(F)F. The van der Waals surface area contributed by atoms with Crippen LogP contribution in [-0.2, 0) is 12.8 Å². The Hall–Kier alpha value is -2.37. The Balaban J connectivity index is 2.12. The van der Waals surface area contributed by atoms with Gasteiger partial charge in [-0.3, -0.25) is 0 Å². The van der Waals surface area contributed by atoms with E-state index in [1.807, 2.05) is 0 Å². The Bertz CT molecular complexity index is 594. The highest BCUT2D eigenvalue weighted by Crippen LogP contribution is 2.34. The van der Waals surface area contributed by atoms with Crippen LogP contribution in [-0.4, -0.2) is 5.11 Å². The summed E-state index contributed by atoms with van der Waals surface area (Å²) in [7, 11) is 0. The van der Waals surface area contributed by atoms with Gasteiger partial charge in [-0.1, -0.05) is 6.07 Å². The van der Waals surface area contributed by atoms with E-state index in [2.05, 4.69) is 0 Å². The van der Waals surface area contributed by atoms with Crippen molar-refractivity contribution in [3.8, 4) is 11.5 Å². The number of hydrogen-bond donors (Lipinski definition) is 2. The van der Waals surface area contributed by atoms with Crippen molar-refractivity contribution >= 4 is 5.69 Å². The average Bonchev–Trinajstić information content (AvgIpc) is 2.38. The minimum atomic E-state index is -4.49. The Morgan fingerprint density at radius 2 is 1.70 bits per heavy atom. The molecule has 0 aliphatic rings. The lowest BCUT2D eigenvalue weighted by Crippen LogP contribution is -2.10. The van der Waals surface area contributed by atoms with Crippen LogP contribution in [0.3, 0.4) is 0 Å². The largest absolute Gasteiger partial charge is 0.508 e. The molecule has 0 saturated carbocycles. The maximum absolute atomic E-state index is 12.7. The summed E-state index contributed by atoms with van der Waals surface area (Å²) in [5.74, 6) is 0.539. The van der Waals surface area contributed by atoms with Crippen LogP contribution < -0.4 is 10.5 Å². The number of rotatable bonds is 3. The van der Waals surface area contributed by atoms with E-state index in [9.17, 15) is 13.2 Å². The maximum atomic E-state index is 12.7. The lowest BCUT2D eigenvalue weighted by Gasteiger charge is -2.12. The van der Waals surface area contributed by atoms with Crippen molar-refractivity contribution in [2.24, 2.45) is 0 Å². The van der Waals surface area contributed by atoms with Crippen molar-refractivity contribution in [3.63, 3.8) is 0 Å². The van der Waals surface area contributed by atoms with E-state index in [-0.39, 0.29) is 18.0 Å². The molecule has 2 aromatic rings. The Morgan fingerprint density at radius 3 is 2.30 bits per heavy atom. The predicted octanol–water partition coefficient (Wildman–Crippen LogP) is 3.57. The van der Waals surface area contributed by atoms with Gasteiger partial charge in [-0.15, -0.1) is 0 Å². The van der Waals surface area contributed by atoms with Crippen LogP contribution in [0, 0.1) is 0 Å². The fourth-order valence-corrected chi connectivity index (χ4v) is 1.65. The van der Waals surface area contributed by atoms with Gasteiger partial charge in [0.1, 0.15) is 18.1 Å². The van der Waals surface area contributed by atoms with Crippen LogP contribution in [0.5, 0.6) is 11.5 Å². The lowest BCUT2D eigenvalue weighted by atomic mass is 10.1. The molecule has 0 bridgehead atoms. The first-order valence-corrected chi connectivity index (χ1v) is 5.73. The number of aromatic hydroxyl groups is 1. The van der Waals surface area contributed by atoms with E-state index >= 15 is 0 Å². The van der Waals surface area contributed by atoms with Gasteiger partial charge in [0.2, 0.25) is 0 Å². The normalized spacial score (nSPS) is 11.3. The molecule has 0 unspecified atom stereocenters. The molecular formula is C14H12F3NO2. The zero-order valence-electron chi connectivity index (χ0n) is 10.3. The minimum Gasteiger partial charge on any atom is -0.508 e. The monoisotopic (exact) mass is 283 g/mol. The highest BCUT2D eigenvalue weighted by molar-refractivity contribution is 5.50. The van der Waals surface area contributed by atoms with Crippen molar-refractivity contribution in [3.05, 3.63) is 53.6 Å². The van der Waals surface area contributed by atoms with Gasteiger partial charge in [-0.25, -0.2) is 0 Å². The van der Waals surface area contributed by atoms with Crippen LogP contribution in [0.15, 0.2) is 42.5 Å². The molecule has 0 amide bonds. The smallest absolute Gasteiger partial charge is 0.418 e. The van der Waals surface area contributed by atoms with Gasteiger partial charge in [-0.05, 0) is 42.0 Å². The van der Waals surface area contributed by atoms with Crippen LogP contribution in [0.4, 0.5) is 18.9 Å². The minimum absolute atomic E-state index is 0.0197. The van der Waals surface area contributed by atoms with Crippen LogP contribution in [0.2, 0.25) is 0 Å². The topological polar surface area (TPSA) is 55.5 Å². The first-order valence-electron chi connectivity index (χ1n) is 5.73. The number of nitrogens with two attached hydrogens (primary N) is 1. The van der Waals surface area contributed by atoms with Gasteiger partial charge < -0.3 is 15.6 Å². The molecule has 2 rings (SSSR count). The second-order valence-corrected chi connectivity index (χ2v) is 4.20. The molecule has 0 fully saturated rings. The molecular weight excluding hydrogens is 271 g/mol. The highest BCUT2D eigenvalue weighted by Gasteiger charge is 2.33. The van der Waals surface area contributed by atoms with Crippen LogP contribution >= 0.6 is 0 Å². The van der Waals surface area contributed by atoms with Gasteiger partial charge in [-0.2, -0.15) is 13.2 Å². The summed E-state index contributed by atoms with van der Waals surface area (Å²) in [6, 6.07) is 9.56. The second-order valence-electron chi connectivity index (χ2n) is 4.20. The van der Waals surface area contributed by atoms with E-state index in [0.717, 1.165) is 6.07 Å². The predicted molar refractivity (Wildman–Crippen MR) is 68.3 cm³/mol. The molecule has 0 aliphatic carbocycles. The molecule has 20 heavy (non-hydrogen) atoms. The summed E-state index contributed by atoms with van der Waals surface area (Å²) >= 11 is 0. The van der Waals surface area contributed by atoms with E-state index in [0.29, 0.717) is 11.3 Å². The average molecular weight is 283 g/mol. The summed E-state index contributed by atoms with van der Waals surface area (Å²) in [5, 5.41) is 9.10. The number of nitrogen functional groups attached to an aromatic ring is 1. The van der Waals surface area contributed by atoms with Crippen molar-refractivity contribution in [1.82, 2.24) is 0 Å². The first-order chi connectivity index (χ1) is 9.36. The van der Waals surface area contributed by atoms with Gasteiger partial charge in [0.25, 0.3) is 0 Å². The quantitative estimate of drug-likeness (QED) is 0.847. The van der Waals surface area contributed by atoms with E-state index in [1.54, 1.807) is 0 Å². The number of benzene rings is 2. The number of ether oxygens (including phenoxy) is 1. The molecule has 3 N–H and O–H groups in total. The van der Waals surface area contributed by atoms with Gasteiger partial charge >= 0.3 is 6.18 Å². The molecule has 0 radical (unpaired) electrons. The van der Waals surface area contributed by atoms with Crippen molar-refractivity contribution in [1.29, 1.82) is 0 Å². The van der Waals surface area contributed by atoms with Gasteiger partial charge in [0.05, 0.1) is 5.56 Å². The first kappa shape index (κ1) is 14.0. The Morgan fingerprint density at radius 1 is 1.05 bits per heavy atom. The Labute approximate surface area is 113 Å². The molecule has 0 atom stereocenters. The van der Waals surface area contributed by atoms with Gasteiger partial charge in [0.15, 0.2) is 0 Å². The number of halogens is 3. The second kappa shape index (κ2) is 5.32. The lowest BCUT2D eigenvalue weighted by molar-refractivity contribution is -0.137. The fourth-order valence-electron chi connectivity index (χ4n) is 1.65. The molecule has 0 aromatic heterocycles. The summed E-state index contributed by atoms with van der Waals surface area (Å²) in [4.78, 5) is 0. The van der Waals surface area contributed by atoms with Crippen molar-refractivity contribution in [2.75, 3.05) is 5.73 Å². The van der Waals surface area contributed by atoms with Crippen molar-refractivity contribution in [2.45, 2.75) is 12.8 Å². The van der Waals surface area contributed by atoms with Crippen LogP contribution in [0.25, 0.3) is 0 Å². The van der Waals surface area contributed by atoms with Gasteiger partial charge in [0, 0.05) is 5.69 Å². The summed E-state index contributed by atoms with van der Waals surface area (Å²) in [5.41, 5.74) is 4.49. The number of phenols is 1. The standard InChI is InChI=1S/C14H12F3NO2/c15-14(16,17)12-7-9(1-6-13(12)18)8-20-11-4-2-10(19)3-5-11/h1-7,19H,8,18H2.